The molecule has 0 heteroatoms. The lowest BCUT2D eigenvalue weighted by Crippen LogP contribution is -2.25. The fourth-order valence-corrected chi connectivity index (χ4v) is 7.03. The maximum absolute atomic E-state index is 2.58. The molecule has 0 N–H and O–H groups in total. The summed E-state index contributed by atoms with van der Waals surface area (Å²) < 4.78 is 0. The first-order chi connectivity index (χ1) is 11.5. The number of hydrogen-bond donors (Lipinski definition) is 0. The minimum atomic E-state index is 0.830. The molecule has 0 aromatic heterocycles. The van der Waals surface area contributed by atoms with E-state index in [4.69, 9.17) is 0 Å². The highest BCUT2D eigenvalue weighted by Crippen LogP contribution is 2.53. The van der Waals surface area contributed by atoms with Gasteiger partial charge in [0.25, 0.3) is 0 Å². The van der Waals surface area contributed by atoms with Crippen molar-refractivity contribution in [2.45, 2.75) is 67.2 Å². The summed E-state index contributed by atoms with van der Waals surface area (Å²) in [6.45, 7) is 15.0. The fraction of sp³-hybridized carbons (Fsp3) is 0.833. The smallest absolute Gasteiger partial charge is 0.0136 e. The zero-order chi connectivity index (χ0) is 17.4. The van der Waals surface area contributed by atoms with Gasteiger partial charge in [-0.3, -0.25) is 0 Å². The van der Waals surface area contributed by atoms with Crippen LogP contribution in [-0.2, 0) is 0 Å². The van der Waals surface area contributed by atoms with Crippen LogP contribution in [0.3, 0.4) is 0 Å². The molecular formula is C24H40. The topological polar surface area (TPSA) is 0 Å². The van der Waals surface area contributed by atoms with Gasteiger partial charge < -0.3 is 0 Å². The Labute approximate surface area is 151 Å². The molecule has 24 heavy (non-hydrogen) atoms. The predicted molar refractivity (Wildman–Crippen MR) is 106 cm³/mol. The van der Waals surface area contributed by atoms with Crippen molar-refractivity contribution in [2.24, 2.45) is 59.2 Å². The van der Waals surface area contributed by atoms with E-state index in [0.717, 1.165) is 59.2 Å². The first kappa shape index (κ1) is 18.3. The molecule has 0 aromatic carbocycles. The van der Waals surface area contributed by atoms with Crippen LogP contribution in [-0.4, -0.2) is 0 Å². The van der Waals surface area contributed by atoms with E-state index in [9.17, 15) is 0 Å². The fourth-order valence-electron chi connectivity index (χ4n) is 7.03. The number of fused-ring (bicyclic) bond motifs is 1. The molecule has 3 aliphatic carbocycles. The molecule has 0 nitrogen and oxygen atoms in total. The quantitative estimate of drug-likeness (QED) is 0.510. The molecule has 0 radical (unpaired) electrons. The van der Waals surface area contributed by atoms with Crippen molar-refractivity contribution >= 4 is 0 Å². The van der Waals surface area contributed by atoms with Crippen molar-refractivity contribution in [3.63, 3.8) is 0 Å². The molecule has 2 saturated carbocycles. The van der Waals surface area contributed by atoms with Gasteiger partial charge in [0.1, 0.15) is 0 Å². The predicted octanol–water partition coefficient (Wildman–Crippen LogP) is 6.98. The third-order valence-electron chi connectivity index (χ3n) is 8.61. The highest BCUT2D eigenvalue weighted by atomic mass is 14.5. The van der Waals surface area contributed by atoms with Crippen molar-refractivity contribution in [1.29, 1.82) is 0 Å². The SMILES string of the molecule is CCCC1CC(CC(C)C2C(C)C(C)C(C)C2C)C2C=CC=CC12. The standard InChI is InChI=1S/C24H40/c1-7-10-20-14-21(23-12-9-8-11-22(20)23)13-15(2)24-18(5)16(3)17(4)19(24)6/h8-9,11-12,15-24H,7,10,13-14H2,1-6H3. The Morgan fingerprint density at radius 2 is 1.38 bits per heavy atom. The molecule has 0 aliphatic heterocycles. The highest BCUT2D eigenvalue weighted by Gasteiger charge is 2.46. The lowest BCUT2D eigenvalue weighted by Gasteiger charge is -2.32. The maximum Gasteiger partial charge on any atom is -0.0136 e. The van der Waals surface area contributed by atoms with Crippen molar-refractivity contribution in [1.82, 2.24) is 0 Å². The summed E-state index contributed by atoms with van der Waals surface area (Å²) in [4.78, 5) is 0. The van der Waals surface area contributed by atoms with Crippen LogP contribution in [0, 0.1) is 59.2 Å². The van der Waals surface area contributed by atoms with Crippen molar-refractivity contribution in [2.75, 3.05) is 0 Å². The van der Waals surface area contributed by atoms with Crippen LogP contribution < -0.4 is 0 Å². The second kappa shape index (κ2) is 7.38. The van der Waals surface area contributed by atoms with Crippen LogP contribution >= 0.6 is 0 Å². The van der Waals surface area contributed by atoms with Gasteiger partial charge in [0.2, 0.25) is 0 Å². The van der Waals surface area contributed by atoms with E-state index in [2.05, 4.69) is 65.8 Å². The van der Waals surface area contributed by atoms with Gasteiger partial charge in [-0.2, -0.15) is 0 Å². The van der Waals surface area contributed by atoms with Crippen LogP contribution in [0.15, 0.2) is 24.3 Å². The Hall–Kier alpha value is -0.520. The van der Waals surface area contributed by atoms with Crippen LogP contribution in [0.4, 0.5) is 0 Å². The third kappa shape index (κ3) is 3.15. The van der Waals surface area contributed by atoms with Gasteiger partial charge >= 0.3 is 0 Å². The number of hydrogen-bond acceptors (Lipinski definition) is 0. The monoisotopic (exact) mass is 328 g/mol. The van der Waals surface area contributed by atoms with E-state index in [0.29, 0.717) is 0 Å². The summed E-state index contributed by atoms with van der Waals surface area (Å²) in [5.41, 5.74) is 0. The largest absolute Gasteiger partial charge is 0.0806 e. The first-order valence-electron chi connectivity index (χ1n) is 10.8. The van der Waals surface area contributed by atoms with Gasteiger partial charge in [-0.1, -0.05) is 78.7 Å². The van der Waals surface area contributed by atoms with Gasteiger partial charge in [0.05, 0.1) is 0 Å². The molecule has 0 amide bonds. The highest BCUT2D eigenvalue weighted by molar-refractivity contribution is 5.19. The Morgan fingerprint density at radius 3 is 1.92 bits per heavy atom. The Bertz CT molecular complexity index is 458. The number of rotatable bonds is 5. The zero-order valence-corrected chi connectivity index (χ0v) is 16.9. The summed E-state index contributed by atoms with van der Waals surface area (Å²) >= 11 is 0. The van der Waals surface area contributed by atoms with E-state index in [1.54, 1.807) is 0 Å². The van der Waals surface area contributed by atoms with Gasteiger partial charge in [0.15, 0.2) is 0 Å². The van der Waals surface area contributed by atoms with Crippen molar-refractivity contribution in [3.05, 3.63) is 24.3 Å². The van der Waals surface area contributed by atoms with Gasteiger partial charge in [0, 0.05) is 0 Å². The lowest BCUT2D eigenvalue weighted by atomic mass is 9.73. The molecule has 9 atom stereocenters. The molecule has 136 valence electrons. The van der Waals surface area contributed by atoms with Gasteiger partial charge in [-0.25, -0.2) is 0 Å². The van der Waals surface area contributed by atoms with Crippen LogP contribution in [0.2, 0.25) is 0 Å². The average molecular weight is 329 g/mol. The van der Waals surface area contributed by atoms with Gasteiger partial charge in [-0.05, 0) is 72.0 Å². The second-order valence-electron chi connectivity index (χ2n) is 9.70. The van der Waals surface area contributed by atoms with Crippen LogP contribution in [0.25, 0.3) is 0 Å². The van der Waals surface area contributed by atoms with E-state index < -0.39 is 0 Å². The van der Waals surface area contributed by atoms with Crippen molar-refractivity contribution < 1.29 is 0 Å². The van der Waals surface area contributed by atoms with E-state index in [1.165, 1.54) is 25.7 Å². The molecule has 2 fully saturated rings. The molecule has 0 saturated heterocycles. The third-order valence-corrected chi connectivity index (χ3v) is 8.61. The van der Waals surface area contributed by atoms with Gasteiger partial charge in [-0.15, -0.1) is 0 Å². The summed E-state index contributed by atoms with van der Waals surface area (Å²) in [6, 6.07) is 0. The minimum Gasteiger partial charge on any atom is -0.0806 e. The van der Waals surface area contributed by atoms with E-state index in [-0.39, 0.29) is 0 Å². The van der Waals surface area contributed by atoms with Crippen molar-refractivity contribution in [3.8, 4) is 0 Å². The minimum absolute atomic E-state index is 0.830. The normalized spacial score (nSPS) is 48.7. The molecule has 3 aliphatic rings. The Morgan fingerprint density at radius 1 is 0.833 bits per heavy atom. The Balaban J connectivity index is 1.69. The lowest BCUT2D eigenvalue weighted by molar-refractivity contribution is 0.181. The second-order valence-corrected chi connectivity index (χ2v) is 9.70. The zero-order valence-electron chi connectivity index (χ0n) is 16.9. The number of allylic oxidation sites excluding steroid dienone is 4. The Kier molecular flexibility index (Phi) is 5.62. The molecule has 0 heterocycles. The molecule has 0 aromatic rings. The molecular weight excluding hydrogens is 288 g/mol. The molecule has 0 bridgehead atoms. The van der Waals surface area contributed by atoms with Crippen LogP contribution in [0.5, 0.6) is 0 Å². The molecule has 3 rings (SSSR count). The average Bonchev–Trinajstić information content (AvgIpc) is 3.00. The summed E-state index contributed by atoms with van der Waals surface area (Å²) in [5.74, 6) is 8.94. The van der Waals surface area contributed by atoms with E-state index >= 15 is 0 Å². The summed E-state index contributed by atoms with van der Waals surface area (Å²) in [7, 11) is 0. The summed E-state index contributed by atoms with van der Waals surface area (Å²) in [5, 5.41) is 0. The maximum atomic E-state index is 2.58. The first-order valence-corrected chi connectivity index (χ1v) is 10.8. The van der Waals surface area contributed by atoms with Crippen LogP contribution in [0.1, 0.15) is 67.2 Å². The van der Waals surface area contributed by atoms with E-state index in [1.807, 2.05) is 0 Å². The summed E-state index contributed by atoms with van der Waals surface area (Å²) in [6.07, 6.45) is 15.4. The molecule has 9 unspecified atom stereocenters. The molecule has 0 spiro atoms.